The van der Waals surface area contributed by atoms with Crippen LogP contribution >= 0.6 is 47.8 Å². The van der Waals surface area contributed by atoms with Crippen LogP contribution in [0.15, 0.2) is 31.7 Å². The summed E-state index contributed by atoms with van der Waals surface area (Å²) in [5, 5.41) is 8.04. The van der Waals surface area contributed by atoms with Crippen LogP contribution in [-0.4, -0.2) is 9.78 Å². The largest absolute Gasteiger partial charge is 0.376 e. The van der Waals surface area contributed by atoms with Crippen LogP contribution in [0.1, 0.15) is 30.1 Å². The number of nitrogens with one attached hydrogen (secondary N) is 1. The van der Waals surface area contributed by atoms with E-state index < -0.39 is 0 Å². The van der Waals surface area contributed by atoms with Crippen molar-refractivity contribution in [2.24, 2.45) is 7.05 Å². The molecule has 1 heterocycles. The summed E-state index contributed by atoms with van der Waals surface area (Å²) >= 11 is 10.8. The van der Waals surface area contributed by atoms with Crippen molar-refractivity contribution in [3.8, 4) is 0 Å². The minimum absolute atomic E-state index is 0.321. The van der Waals surface area contributed by atoms with E-state index >= 15 is 0 Å². The predicted molar refractivity (Wildman–Crippen MR) is 92.1 cm³/mol. The number of halogens is 3. The number of aryl methyl sites for hydroxylation is 1. The number of aromatic nitrogens is 2. The molecule has 20 heavy (non-hydrogen) atoms. The first-order chi connectivity index (χ1) is 9.56. The first-order valence-corrected chi connectivity index (χ1v) is 8.86. The van der Waals surface area contributed by atoms with Crippen LogP contribution in [0, 0.1) is 0 Å². The lowest BCUT2D eigenvalue weighted by atomic mass is 9.93. The fraction of sp³-hybridized carbons (Fsp3) is 0.357. The summed E-state index contributed by atoms with van der Waals surface area (Å²) < 4.78 is 5.14. The van der Waals surface area contributed by atoms with Gasteiger partial charge in [0, 0.05) is 31.7 Å². The Labute approximate surface area is 143 Å². The molecule has 1 atom stereocenters. The Balaban J connectivity index is 1.93. The third-order valence-corrected chi connectivity index (χ3v) is 5.41. The number of nitrogens with zero attached hydrogens (tertiary/aromatic N) is 2. The Bertz CT molecular complexity index is 628. The van der Waals surface area contributed by atoms with Gasteiger partial charge in [0.1, 0.15) is 0 Å². The molecule has 0 radical (unpaired) electrons. The van der Waals surface area contributed by atoms with E-state index in [1.807, 2.05) is 17.9 Å². The number of anilines is 1. The molecule has 1 aromatic heterocycles. The summed E-state index contributed by atoms with van der Waals surface area (Å²) in [5.41, 5.74) is 3.76. The average molecular weight is 464 g/mol. The highest BCUT2D eigenvalue weighted by atomic mass is 79.9. The van der Waals surface area contributed by atoms with Gasteiger partial charge in [-0.25, -0.2) is 0 Å². The smallest absolute Gasteiger partial charge is 0.0634 e. The minimum atomic E-state index is 0.321. The van der Waals surface area contributed by atoms with Crippen LogP contribution in [0.25, 0.3) is 0 Å². The molecule has 1 aliphatic rings. The highest BCUT2D eigenvalue weighted by Gasteiger charge is 2.24. The Hall–Kier alpha value is -0.330. The zero-order chi connectivity index (χ0) is 14.3. The van der Waals surface area contributed by atoms with Gasteiger partial charge < -0.3 is 5.32 Å². The second-order valence-corrected chi connectivity index (χ2v) is 7.63. The van der Waals surface area contributed by atoms with Crippen molar-refractivity contribution in [3.05, 3.63) is 43.0 Å². The maximum absolute atomic E-state index is 4.39. The molecule has 3 rings (SSSR count). The van der Waals surface area contributed by atoms with Gasteiger partial charge in [0.15, 0.2) is 0 Å². The third kappa shape index (κ3) is 2.70. The quantitative estimate of drug-likeness (QED) is 0.663. The van der Waals surface area contributed by atoms with Crippen LogP contribution in [0.5, 0.6) is 0 Å². The van der Waals surface area contributed by atoms with Crippen LogP contribution in [0.2, 0.25) is 0 Å². The second kappa shape index (κ2) is 5.81. The molecule has 3 nitrogen and oxygen atoms in total. The van der Waals surface area contributed by atoms with Gasteiger partial charge in [0.25, 0.3) is 0 Å². The molecule has 0 bridgehead atoms. The van der Waals surface area contributed by atoms with Gasteiger partial charge in [-0.1, -0.05) is 15.9 Å². The van der Waals surface area contributed by atoms with Crippen molar-refractivity contribution in [2.45, 2.75) is 25.3 Å². The lowest BCUT2D eigenvalue weighted by Crippen LogP contribution is -2.18. The van der Waals surface area contributed by atoms with Crippen LogP contribution in [0.3, 0.4) is 0 Å². The summed E-state index contributed by atoms with van der Waals surface area (Å²) in [6, 6.07) is 4.43. The number of fused-ring (bicyclic) bond motifs is 1. The second-order valence-electron chi connectivity index (χ2n) is 5.00. The molecule has 0 fully saturated rings. The zero-order valence-corrected chi connectivity index (χ0v) is 15.7. The monoisotopic (exact) mass is 461 g/mol. The van der Waals surface area contributed by atoms with Gasteiger partial charge in [-0.15, -0.1) is 0 Å². The van der Waals surface area contributed by atoms with E-state index in [-0.39, 0.29) is 0 Å². The molecule has 0 amide bonds. The van der Waals surface area contributed by atoms with E-state index in [1.165, 1.54) is 17.7 Å². The van der Waals surface area contributed by atoms with Gasteiger partial charge in [-0.05, 0) is 63.3 Å². The molecule has 1 aromatic carbocycles. The van der Waals surface area contributed by atoms with Gasteiger partial charge in [0.2, 0.25) is 0 Å². The maximum Gasteiger partial charge on any atom is 0.0634 e. The molecule has 0 saturated carbocycles. The Morgan fingerprint density at radius 3 is 2.65 bits per heavy atom. The number of benzene rings is 1. The van der Waals surface area contributed by atoms with E-state index in [9.17, 15) is 0 Å². The Kier molecular flexibility index (Phi) is 4.24. The highest BCUT2D eigenvalue weighted by molar-refractivity contribution is 9.11. The van der Waals surface area contributed by atoms with Crippen molar-refractivity contribution in [2.75, 3.05) is 5.32 Å². The van der Waals surface area contributed by atoms with E-state index in [4.69, 9.17) is 0 Å². The molecule has 6 heteroatoms. The van der Waals surface area contributed by atoms with Gasteiger partial charge in [-0.3, -0.25) is 4.68 Å². The van der Waals surface area contributed by atoms with Gasteiger partial charge in [0.05, 0.1) is 17.9 Å². The molecule has 0 spiro atoms. The first kappa shape index (κ1) is 14.6. The van der Waals surface area contributed by atoms with E-state index in [0.29, 0.717) is 6.04 Å². The van der Waals surface area contributed by atoms with Crippen molar-refractivity contribution in [1.82, 2.24) is 9.78 Å². The first-order valence-electron chi connectivity index (χ1n) is 6.48. The number of rotatable bonds is 2. The van der Waals surface area contributed by atoms with Crippen LogP contribution in [0.4, 0.5) is 5.69 Å². The Morgan fingerprint density at radius 2 is 1.95 bits per heavy atom. The van der Waals surface area contributed by atoms with E-state index in [1.54, 1.807) is 0 Å². The van der Waals surface area contributed by atoms with Crippen molar-refractivity contribution in [3.63, 3.8) is 0 Å². The fourth-order valence-corrected chi connectivity index (χ4v) is 5.20. The van der Waals surface area contributed by atoms with E-state index in [0.717, 1.165) is 31.9 Å². The predicted octanol–water partition coefficient (Wildman–Crippen LogP) is 5.20. The third-order valence-electron chi connectivity index (χ3n) is 3.70. The summed E-state index contributed by atoms with van der Waals surface area (Å²) in [6.45, 7) is 0. The lowest BCUT2D eigenvalue weighted by molar-refractivity contribution is 0.571. The van der Waals surface area contributed by atoms with Crippen LogP contribution in [-0.2, 0) is 13.5 Å². The summed E-state index contributed by atoms with van der Waals surface area (Å²) in [4.78, 5) is 0. The molecule has 1 aliphatic carbocycles. The average Bonchev–Trinajstić information content (AvgIpc) is 2.77. The number of hydrogen-bond donors (Lipinski definition) is 1. The standard InChI is InChI=1S/C14H14Br3N3/c1-20-13-4-2-3-12(9(13)7-18-20)19-14-10(16)5-8(15)6-11(14)17/h5-7,12,19H,2-4H2,1H3. The maximum atomic E-state index is 4.39. The van der Waals surface area contributed by atoms with Crippen LogP contribution < -0.4 is 5.32 Å². The van der Waals surface area contributed by atoms with Crippen molar-refractivity contribution >= 4 is 53.5 Å². The molecule has 0 aliphatic heterocycles. The van der Waals surface area contributed by atoms with E-state index in [2.05, 4.69) is 70.3 Å². The topological polar surface area (TPSA) is 29.9 Å². The minimum Gasteiger partial charge on any atom is -0.376 e. The van der Waals surface area contributed by atoms with Gasteiger partial charge in [-0.2, -0.15) is 5.10 Å². The SMILES string of the molecule is Cn1ncc2c1CCCC2Nc1c(Br)cc(Br)cc1Br. The summed E-state index contributed by atoms with van der Waals surface area (Å²) in [7, 11) is 2.02. The molecule has 1 N–H and O–H groups in total. The summed E-state index contributed by atoms with van der Waals surface area (Å²) in [5.74, 6) is 0. The Morgan fingerprint density at radius 1 is 1.25 bits per heavy atom. The molecular weight excluding hydrogens is 450 g/mol. The lowest BCUT2D eigenvalue weighted by Gasteiger charge is -2.26. The highest BCUT2D eigenvalue weighted by Crippen LogP contribution is 2.39. The molecule has 106 valence electrons. The molecular formula is C14H14Br3N3. The number of hydrogen-bond acceptors (Lipinski definition) is 2. The van der Waals surface area contributed by atoms with Gasteiger partial charge >= 0.3 is 0 Å². The normalized spacial score (nSPS) is 17.9. The zero-order valence-electron chi connectivity index (χ0n) is 11.0. The summed E-state index contributed by atoms with van der Waals surface area (Å²) in [6.07, 6.45) is 5.43. The van der Waals surface area contributed by atoms with Crippen molar-refractivity contribution < 1.29 is 0 Å². The molecule has 2 aromatic rings. The van der Waals surface area contributed by atoms with Crippen molar-refractivity contribution in [1.29, 1.82) is 0 Å². The molecule has 0 saturated heterocycles. The fourth-order valence-electron chi connectivity index (χ4n) is 2.71. The molecule has 1 unspecified atom stereocenters.